The molecule has 2 amide bonds. The highest BCUT2D eigenvalue weighted by Gasteiger charge is 2.69. The largest absolute Gasteiger partial charge is 0.493 e. The van der Waals surface area contributed by atoms with Crippen molar-refractivity contribution in [3.8, 4) is 11.5 Å². The molecule has 2 saturated carbocycles. The number of anilines is 1. The predicted molar refractivity (Wildman–Crippen MR) is 176 cm³/mol. The number of thiazole rings is 1. The number of H-pyrrole nitrogens is 1. The van der Waals surface area contributed by atoms with Crippen LogP contribution in [0.5, 0.6) is 11.5 Å². The van der Waals surface area contributed by atoms with Crippen LogP contribution in [-0.4, -0.2) is 29.2 Å². The molecule has 7 atom stereocenters. The first-order valence-corrected chi connectivity index (χ1v) is 17.4. The van der Waals surface area contributed by atoms with E-state index in [1.54, 1.807) is 42.3 Å². The smallest absolute Gasteiger partial charge is 0.238 e. The summed E-state index contributed by atoms with van der Waals surface area (Å²) in [6.45, 7) is 0.243. The van der Waals surface area contributed by atoms with Gasteiger partial charge in [0, 0.05) is 31.7 Å². The molecule has 0 spiro atoms. The van der Waals surface area contributed by atoms with Crippen LogP contribution in [0.1, 0.15) is 28.3 Å². The van der Waals surface area contributed by atoms with Crippen LogP contribution in [0.2, 0.25) is 10.0 Å². The highest BCUT2D eigenvalue weighted by atomic mass is 35.5. The van der Waals surface area contributed by atoms with E-state index in [4.69, 9.17) is 44.9 Å². The van der Waals surface area contributed by atoms with E-state index in [-0.39, 0.29) is 53.3 Å². The van der Waals surface area contributed by atoms with Crippen molar-refractivity contribution in [2.45, 2.75) is 29.2 Å². The Morgan fingerprint density at radius 3 is 2.49 bits per heavy atom. The minimum absolute atomic E-state index is 0.0159. The fourth-order valence-corrected chi connectivity index (χ4v) is 11.8. The molecule has 1 N–H and O–H groups in total. The molecule has 6 nitrogen and oxygen atoms in total. The van der Waals surface area contributed by atoms with Crippen molar-refractivity contribution in [2.24, 2.45) is 29.6 Å². The molecule has 12 heteroatoms. The minimum Gasteiger partial charge on any atom is -0.493 e. The van der Waals surface area contributed by atoms with E-state index in [9.17, 15) is 14.0 Å². The Kier molecular flexibility index (Phi) is 7.29. The normalized spacial score (nSPS) is 27.8. The summed E-state index contributed by atoms with van der Waals surface area (Å²) in [5.74, 6) is -0.249. The van der Waals surface area contributed by atoms with E-state index < -0.39 is 11.7 Å². The van der Waals surface area contributed by atoms with E-state index in [1.165, 1.54) is 29.2 Å². The molecule has 0 radical (unpaired) electrons. The van der Waals surface area contributed by atoms with Crippen LogP contribution >= 0.6 is 58.5 Å². The molecular formula is C33H25Cl2FN2O4S3. The number of nitrogens with one attached hydrogen (secondary N) is 1. The highest BCUT2D eigenvalue weighted by molar-refractivity contribution is 8.00. The van der Waals surface area contributed by atoms with Gasteiger partial charge in [0.05, 0.1) is 29.7 Å². The maximum Gasteiger partial charge on any atom is 0.238 e. The minimum atomic E-state index is -0.410. The number of fused-ring (bicyclic) bond motifs is 9. The number of hydrogen-bond donors (Lipinski definition) is 1. The Morgan fingerprint density at radius 1 is 1.00 bits per heavy atom. The van der Waals surface area contributed by atoms with E-state index in [0.29, 0.717) is 31.2 Å². The number of carbonyl (C=O) groups excluding carboxylic acids is 2. The molecule has 8 rings (SSSR count). The van der Waals surface area contributed by atoms with Crippen LogP contribution in [0.15, 0.2) is 65.7 Å². The Bertz CT molecular complexity index is 1930. The van der Waals surface area contributed by atoms with Gasteiger partial charge in [-0.2, -0.15) is 0 Å². The lowest BCUT2D eigenvalue weighted by atomic mass is 9.68. The number of rotatable bonds is 6. The third-order valence-corrected chi connectivity index (χ3v) is 13.3. The summed E-state index contributed by atoms with van der Waals surface area (Å²) in [7, 11) is 1.61. The third kappa shape index (κ3) is 4.66. The molecule has 2 aliphatic carbocycles. The Labute approximate surface area is 281 Å². The lowest BCUT2D eigenvalue weighted by Crippen LogP contribution is -2.42. The molecule has 4 aliphatic rings. The summed E-state index contributed by atoms with van der Waals surface area (Å²) < 4.78 is 26.3. The molecule has 4 aromatic rings. The van der Waals surface area contributed by atoms with Crippen molar-refractivity contribution >= 4 is 76.0 Å². The molecular weight excluding hydrogens is 674 g/mol. The number of nitrogens with zero attached hydrogens (tertiary/aromatic N) is 1. The molecule has 2 aliphatic heterocycles. The van der Waals surface area contributed by atoms with Crippen LogP contribution in [0.25, 0.3) is 0 Å². The zero-order valence-corrected chi connectivity index (χ0v) is 27.6. The van der Waals surface area contributed by atoms with Gasteiger partial charge in [-0.15, -0.1) is 23.1 Å². The van der Waals surface area contributed by atoms with E-state index >= 15 is 0 Å². The van der Waals surface area contributed by atoms with Gasteiger partial charge in [0.2, 0.25) is 11.8 Å². The van der Waals surface area contributed by atoms with Gasteiger partial charge in [0.1, 0.15) is 12.4 Å². The molecule has 3 aromatic carbocycles. The maximum atomic E-state index is 13.9. The fourth-order valence-electron chi connectivity index (χ4n) is 8.03. The monoisotopic (exact) mass is 698 g/mol. The van der Waals surface area contributed by atoms with E-state index in [0.717, 1.165) is 27.5 Å². The molecule has 1 aromatic heterocycles. The van der Waals surface area contributed by atoms with Crippen LogP contribution in [0.3, 0.4) is 0 Å². The molecule has 45 heavy (non-hydrogen) atoms. The highest BCUT2D eigenvalue weighted by Crippen LogP contribution is 2.69. The van der Waals surface area contributed by atoms with Crippen LogP contribution in [0.4, 0.5) is 10.1 Å². The van der Waals surface area contributed by atoms with Gasteiger partial charge in [0.15, 0.2) is 15.5 Å². The standard InChI is InChI=1S/C33H25Cl2FN2O4S3/c1-41-23-10-14(3-9-22(23)42-13-15-2-4-16(34)11-21(15)35)24-25-19-12-20(28(25)44-30-29(24)45-33(43)37-30)27-26(19)31(39)38(32(27)40)18-7-5-17(36)6-8-18/h2-11,19-20,24-28H,12-13H2,1H3,(H,37,43). The number of aromatic amines is 1. The lowest BCUT2D eigenvalue weighted by molar-refractivity contribution is -0.123. The van der Waals surface area contributed by atoms with Crippen molar-refractivity contribution in [3.63, 3.8) is 0 Å². The molecule has 3 heterocycles. The van der Waals surface area contributed by atoms with E-state index in [2.05, 4.69) is 11.1 Å². The topological polar surface area (TPSA) is 71.6 Å². The molecule has 7 unspecified atom stereocenters. The quantitative estimate of drug-likeness (QED) is 0.161. The van der Waals surface area contributed by atoms with Crippen LogP contribution in [0, 0.1) is 39.4 Å². The molecule has 230 valence electrons. The van der Waals surface area contributed by atoms with Gasteiger partial charge in [-0.25, -0.2) is 4.39 Å². The van der Waals surface area contributed by atoms with Crippen molar-refractivity contribution in [3.05, 3.63) is 96.5 Å². The number of amides is 2. The van der Waals surface area contributed by atoms with Gasteiger partial charge in [-0.05, 0) is 90.5 Å². The SMILES string of the molecule is COc1cc(C2c3sc(=S)[nH]c3SC3C4CC(C5C(=O)N(c6ccc(F)cc6)C(=O)C45)C23)ccc1OCc1ccc(Cl)cc1Cl. The zero-order chi connectivity index (χ0) is 31.1. The number of aromatic nitrogens is 1. The van der Waals surface area contributed by atoms with E-state index in [1.807, 2.05) is 18.2 Å². The maximum absolute atomic E-state index is 13.9. The number of thioether (sulfide) groups is 1. The van der Waals surface area contributed by atoms with Crippen molar-refractivity contribution in [1.82, 2.24) is 4.98 Å². The summed E-state index contributed by atoms with van der Waals surface area (Å²) in [6, 6.07) is 16.9. The van der Waals surface area contributed by atoms with Crippen molar-refractivity contribution in [1.29, 1.82) is 0 Å². The van der Waals surface area contributed by atoms with Crippen molar-refractivity contribution < 1.29 is 23.5 Å². The lowest BCUT2D eigenvalue weighted by Gasteiger charge is -2.43. The van der Waals surface area contributed by atoms with Crippen molar-refractivity contribution in [2.75, 3.05) is 12.0 Å². The Hall–Kier alpha value is -2.89. The van der Waals surface area contributed by atoms with Gasteiger partial charge < -0.3 is 14.5 Å². The second kappa shape index (κ2) is 11.1. The average Bonchev–Trinajstić information content (AvgIpc) is 3.76. The Balaban J connectivity index is 1.14. The second-order valence-electron chi connectivity index (χ2n) is 11.9. The first-order chi connectivity index (χ1) is 21.7. The summed E-state index contributed by atoms with van der Waals surface area (Å²) in [5.41, 5.74) is 2.27. The van der Waals surface area contributed by atoms with Crippen LogP contribution < -0.4 is 14.4 Å². The number of ether oxygens (including phenoxy) is 2. The molecule has 1 saturated heterocycles. The summed E-state index contributed by atoms with van der Waals surface area (Å²) in [5, 5.41) is 2.25. The average molecular weight is 700 g/mol. The first kappa shape index (κ1) is 29.5. The molecule has 2 bridgehead atoms. The number of carbonyl (C=O) groups is 2. The summed E-state index contributed by atoms with van der Waals surface area (Å²) in [4.78, 5) is 33.6. The molecule has 3 fully saturated rings. The van der Waals surface area contributed by atoms with Crippen LogP contribution in [-0.2, 0) is 16.2 Å². The number of benzene rings is 3. The first-order valence-electron chi connectivity index (χ1n) is 14.5. The number of imide groups is 1. The number of halogens is 3. The fraction of sp³-hybridized carbons (Fsp3) is 0.303. The van der Waals surface area contributed by atoms with Gasteiger partial charge in [-0.1, -0.05) is 35.3 Å². The number of methoxy groups -OCH3 is 1. The number of hydrogen-bond acceptors (Lipinski definition) is 7. The second-order valence-corrected chi connectivity index (χ2v) is 15.6. The van der Waals surface area contributed by atoms with Gasteiger partial charge >= 0.3 is 0 Å². The summed E-state index contributed by atoms with van der Waals surface area (Å²) >= 11 is 21.3. The Morgan fingerprint density at radius 2 is 1.76 bits per heavy atom. The van der Waals surface area contributed by atoms with Gasteiger partial charge in [-0.3, -0.25) is 14.5 Å². The zero-order valence-electron chi connectivity index (χ0n) is 23.7. The summed E-state index contributed by atoms with van der Waals surface area (Å²) in [6.07, 6.45) is 0.818. The predicted octanol–water partition coefficient (Wildman–Crippen LogP) is 8.52. The third-order valence-electron chi connectivity index (χ3n) is 9.75. The van der Waals surface area contributed by atoms with Gasteiger partial charge in [0.25, 0.3) is 0 Å².